The molecular formula is C20H23ClN2. The molecule has 0 N–H and O–H groups in total. The normalized spacial score (nSPS) is 18.3. The van der Waals surface area contributed by atoms with Crippen molar-refractivity contribution in [2.45, 2.75) is 57.4 Å². The van der Waals surface area contributed by atoms with Gasteiger partial charge in [0, 0.05) is 29.4 Å². The van der Waals surface area contributed by atoms with Gasteiger partial charge in [0.05, 0.1) is 16.7 Å². The maximum Gasteiger partial charge on any atom is 0.0713 e. The molecule has 1 aromatic carbocycles. The van der Waals surface area contributed by atoms with Crippen LogP contribution in [0.1, 0.15) is 55.7 Å². The van der Waals surface area contributed by atoms with E-state index in [1.54, 1.807) is 0 Å². The molecular weight excluding hydrogens is 304 g/mol. The first-order valence-corrected chi connectivity index (χ1v) is 8.82. The molecule has 120 valence electrons. The number of pyridine rings is 1. The van der Waals surface area contributed by atoms with Gasteiger partial charge in [0.25, 0.3) is 0 Å². The molecule has 5 rings (SSSR count). The second-order valence-electron chi connectivity index (χ2n) is 7.00. The SMILES string of the molecule is Cl.c1cc2c3c(c1)c1ccnc(C4CCCCC4)c1n3CCC2. The van der Waals surface area contributed by atoms with Crippen molar-refractivity contribution < 1.29 is 0 Å². The molecule has 0 amide bonds. The van der Waals surface area contributed by atoms with Crippen LogP contribution in [0.4, 0.5) is 0 Å². The molecule has 1 aliphatic heterocycles. The van der Waals surface area contributed by atoms with Gasteiger partial charge in [-0.15, -0.1) is 12.4 Å². The van der Waals surface area contributed by atoms with Gasteiger partial charge in [0.15, 0.2) is 0 Å². The minimum absolute atomic E-state index is 0. The lowest BCUT2D eigenvalue weighted by atomic mass is 9.86. The Morgan fingerprint density at radius 3 is 2.61 bits per heavy atom. The first-order chi connectivity index (χ1) is 10.9. The smallest absolute Gasteiger partial charge is 0.0713 e. The van der Waals surface area contributed by atoms with Gasteiger partial charge in [-0.3, -0.25) is 4.98 Å². The Balaban J connectivity index is 0.00000135. The van der Waals surface area contributed by atoms with Crippen LogP contribution in [0.25, 0.3) is 21.8 Å². The maximum absolute atomic E-state index is 4.87. The Labute approximate surface area is 143 Å². The van der Waals surface area contributed by atoms with Crippen LogP contribution in [0.3, 0.4) is 0 Å². The van der Waals surface area contributed by atoms with Crippen LogP contribution in [-0.4, -0.2) is 9.55 Å². The van der Waals surface area contributed by atoms with Crippen molar-refractivity contribution in [3.8, 4) is 0 Å². The number of hydrogen-bond acceptors (Lipinski definition) is 1. The van der Waals surface area contributed by atoms with Gasteiger partial charge in [0.2, 0.25) is 0 Å². The second-order valence-corrected chi connectivity index (χ2v) is 7.00. The predicted molar refractivity (Wildman–Crippen MR) is 98.6 cm³/mol. The third-order valence-electron chi connectivity index (χ3n) is 5.72. The summed E-state index contributed by atoms with van der Waals surface area (Å²) in [5.41, 5.74) is 5.82. The molecule has 0 radical (unpaired) electrons. The topological polar surface area (TPSA) is 17.8 Å². The molecule has 0 atom stereocenters. The van der Waals surface area contributed by atoms with E-state index in [-0.39, 0.29) is 12.4 Å². The quantitative estimate of drug-likeness (QED) is 0.568. The lowest BCUT2D eigenvalue weighted by Gasteiger charge is -2.23. The standard InChI is InChI=1S/C20H22N2.ClH/c1-2-6-14(7-3-1)18-20-17(11-12-21-18)16-10-4-8-15-9-5-13-22(20)19(15)16;/h4,8,10-12,14H,1-3,5-7,9,13H2;1H. The lowest BCUT2D eigenvalue weighted by Crippen LogP contribution is -2.11. The summed E-state index contributed by atoms with van der Waals surface area (Å²) in [4.78, 5) is 4.87. The van der Waals surface area contributed by atoms with Gasteiger partial charge in [0.1, 0.15) is 0 Å². The molecule has 1 saturated carbocycles. The van der Waals surface area contributed by atoms with Crippen LogP contribution >= 0.6 is 12.4 Å². The predicted octanol–water partition coefficient (Wildman–Crippen LogP) is 5.61. The highest BCUT2D eigenvalue weighted by Gasteiger charge is 2.24. The van der Waals surface area contributed by atoms with Crippen molar-refractivity contribution in [3.63, 3.8) is 0 Å². The average Bonchev–Trinajstić information content (AvgIpc) is 2.93. The zero-order valence-corrected chi connectivity index (χ0v) is 14.2. The number of nitrogens with zero attached hydrogens (tertiary/aromatic N) is 2. The zero-order valence-electron chi connectivity index (χ0n) is 13.4. The fraction of sp³-hybridized carbons (Fsp3) is 0.450. The van der Waals surface area contributed by atoms with Gasteiger partial charge in [-0.05, 0) is 37.3 Å². The molecule has 3 heterocycles. The van der Waals surface area contributed by atoms with E-state index in [0.717, 1.165) is 6.54 Å². The number of hydrogen-bond donors (Lipinski definition) is 0. The van der Waals surface area contributed by atoms with Gasteiger partial charge in [-0.25, -0.2) is 0 Å². The number of aryl methyl sites for hydroxylation is 2. The summed E-state index contributed by atoms with van der Waals surface area (Å²) in [5.74, 6) is 0.670. The molecule has 3 aromatic rings. The average molecular weight is 327 g/mol. The van der Waals surface area contributed by atoms with Crippen molar-refractivity contribution in [3.05, 3.63) is 41.7 Å². The Morgan fingerprint density at radius 2 is 1.74 bits per heavy atom. The maximum atomic E-state index is 4.87. The number of fused-ring (bicyclic) bond motifs is 3. The minimum Gasteiger partial charge on any atom is -0.339 e. The number of halogens is 1. The van der Waals surface area contributed by atoms with Gasteiger partial charge in [-0.1, -0.05) is 37.5 Å². The number of para-hydroxylation sites is 1. The van der Waals surface area contributed by atoms with Crippen LogP contribution < -0.4 is 0 Å². The third-order valence-corrected chi connectivity index (χ3v) is 5.72. The van der Waals surface area contributed by atoms with E-state index in [1.807, 2.05) is 6.20 Å². The fourth-order valence-electron chi connectivity index (χ4n) is 4.74. The fourth-order valence-corrected chi connectivity index (χ4v) is 4.74. The van der Waals surface area contributed by atoms with E-state index < -0.39 is 0 Å². The van der Waals surface area contributed by atoms with Crippen LogP contribution in [-0.2, 0) is 13.0 Å². The minimum atomic E-state index is 0. The number of benzene rings is 1. The van der Waals surface area contributed by atoms with Crippen LogP contribution in [0.2, 0.25) is 0 Å². The van der Waals surface area contributed by atoms with Crippen molar-refractivity contribution in [1.82, 2.24) is 9.55 Å². The van der Waals surface area contributed by atoms with E-state index in [2.05, 4.69) is 28.8 Å². The van der Waals surface area contributed by atoms with E-state index in [1.165, 1.54) is 78.0 Å². The summed E-state index contributed by atoms with van der Waals surface area (Å²) < 4.78 is 2.58. The number of rotatable bonds is 1. The summed E-state index contributed by atoms with van der Waals surface area (Å²) in [7, 11) is 0. The van der Waals surface area contributed by atoms with E-state index in [4.69, 9.17) is 4.98 Å². The summed E-state index contributed by atoms with van der Waals surface area (Å²) in [6, 6.07) is 9.07. The Hall–Kier alpha value is -1.54. The van der Waals surface area contributed by atoms with Crippen molar-refractivity contribution in [2.24, 2.45) is 0 Å². The highest BCUT2D eigenvalue weighted by molar-refractivity contribution is 6.10. The first-order valence-electron chi connectivity index (χ1n) is 8.82. The molecule has 0 spiro atoms. The van der Waals surface area contributed by atoms with Gasteiger partial charge < -0.3 is 4.57 Å². The Morgan fingerprint density at radius 1 is 0.913 bits per heavy atom. The first kappa shape index (κ1) is 15.0. The van der Waals surface area contributed by atoms with Crippen LogP contribution in [0.15, 0.2) is 30.5 Å². The molecule has 1 aliphatic carbocycles. The Bertz CT molecular complexity index is 859. The van der Waals surface area contributed by atoms with Crippen LogP contribution in [0.5, 0.6) is 0 Å². The molecule has 0 unspecified atom stereocenters. The molecule has 1 fully saturated rings. The molecule has 23 heavy (non-hydrogen) atoms. The molecule has 2 nitrogen and oxygen atoms in total. The highest BCUT2D eigenvalue weighted by Crippen LogP contribution is 2.40. The largest absolute Gasteiger partial charge is 0.339 e. The van der Waals surface area contributed by atoms with Crippen molar-refractivity contribution >= 4 is 34.2 Å². The van der Waals surface area contributed by atoms with Gasteiger partial charge in [-0.2, -0.15) is 0 Å². The lowest BCUT2D eigenvalue weighted by molar-refractivity contribution is 0.437. The van der Waals surface area contributed by atoms with Crippen LogP contribution in [0, 0.1) is 0 Å². The molecule has 2 aliphatic rings. The highest BCUT2D eigenvalue weighted by atomic mass is 35.5. The molecule has 0 bridgehead atoms. The van der Waals surface area contributed by atoms with Gasteiger partial charge >= 0.3 is 0 Å². The van der Waals surface area contributed by atoms with E-state index >= 15 is 0 Å². The second kappa shape index (κ2) is 5.83. The number of aromatic nitrogens is 2. The molecule has 2 aromatic heterocycles. The molecule has 3 heteroatoms. The Kier molecular flexibility index (Phi) is 3.81. The summed E-state index contributed by atoms with van der Waals surface area (Å²) in [6.07, 6.45) is 11.3. The zero-order chi connectivity index (χ0) is 14.5. The summed E-state index contributed by atoms with van der Waals surface area (Å²) in [6.45, 7) is 1.16. The summed E-state index contributed by atoms with van der Waals surface area (Å²) >= 11 is 0. The third kappa shape index (κ3) is 2.19. The monoisotopic (exact) mass is 326 g/mol. The van der Waals surface area contributed by atoms with Crippen molar-refractivity contribution in [1.29, 1.82) is 0 Å². The van der Waals surface area contributed by atoms with E-state index in [9.17, 15) is 0 Å². The van der Waals surface area contributed by atoms with E-state index in [0.29, 0.717) is 5.92 Å². The van der Waals surface area contributed by atoms with Crippen molar-refractivity contribution in [2.75, 3.05) is 0 Å². The molecule has 0 saturated heterocycles. The summed E-state index contributed by atoms with van der Waals surface area (Å²) in [5, 5.41) is 2.86.